The lowest BCUT2D eigenvalue weighted by atomic mass is 9.90. The van der Waals surface area contributed by atoms with Crippen LogP contribution < -0.4 is 9.62 Å². The second-order valence-electron chi connectivity index (χ2n) is 12.2. The van der Waals surface area contributed by atoms with Crippen molar-refractivity contribution >= 4 is 32.6 Å². The molecule has 2 N–H and O–H groups in total. The van der Waals surface area contributed by atoms with E-state index in [-0.39, 0.29) is 29.6 Å². The number of para-hydroxylation sites is 1. The first-order chi connectivity index (χ1) is 23.4. The van der Waals surface area contributed by atoms with E-state index in [9.17, 15) is 13.5 Å². The van der Waals surface area contributed by atoms with E-state index in [1.807, 2.05) is 48.5 Å². The van der Waals surface area contributed by atoms with Crippen LogP contribution >= 0.6 is 0 Å². The Morgan fingerprint density at radius 2 is 1.56 bits per heavy atom. The minimum atomic E-state index is -3.95. The van der Waals surface area contributed by atoms with Crippen molar-refractivity contribution in [3.8, 4) is 0 Å². The van der Waals surface area contributed by atoms with Crippen LogP contribution in [0, 0.1) is 5.92 Å². The first-order valence-electron chi connectivity index (χ1n) is 16.1. The number of piperazine rings is 1. The molecule has 4 unspecified atom stereocenters. The number of aromatic nitrogens is 3. The molecular weight excluding hydrogens is 629 g/mol. The van der Waals surface area contributed by atoms with Gasteiger partial charge in [-0.25, -0.2) is 18.4 Å². The molecule has 2 saturated heterocycles. The molecule has 2 aliphatic rings. The fourth-order valence-corrected chi connectivity index (χ4v) is 7.65. The van der Waals surface area contributed by atoms with Gasteiger partial charge in [-0.1, -0.05) is 61.5 Å². The zero-order chi connectivity index (χ0) is 33.1. The van der Waals surface area contributed by atoms with Gasteiger partial charge in [-0.3, -0.25) is 14.6 Å². The van der Waals surface area contributed by atoms with E-state index in [1.54, 1.807) is 55.0 Å². The molecule has 0 aliphatic carbocycles. The maximum absolute atomic E-state index is 13.6. The van der Waals surface area contributed by atoms with Crippen molar-refractivity contribution in [1.29, 1.82) is 0 Å². The number of rotatable bonds is 9. The third-order valence-electron chi connectivity index (χ3n) is 9.07. The molecule has 7 rings (SSSR count). The van der Waals surface area contributed by atoms with Crippen LogP contribution in [0.4, 0.5) is 11.6 Å². The molecule has 0 bridgehead atoms. The van der Waals surface area contributed by atoms with Gasteiger partial charge in [-0.15, -0.1) is 0 Å². The average molecular weight is 667 g/mol. The fourth-order valence-electron chi connectivity index (χ4n) is 6.42. The third-order valence-corrected chi connectivity index (χ3v) is 10.5. The maximum Gasteiger partial charge on any atom is 0.264 e. The Hall–Kier alpha value is -4.46. The molecule has 4 heterocycles. The predicted molar refractivity (Wildman–Crippen MR) is 183 cm³/mol. The van der Waals surface area contributed by atoms with E-state index >= 15 is 0 Å². The number of aliphatic hydroxyl groups is 1. The number of nitrogens with zero attached hydrogens (tertiary/aromatic N) is 5. The second kappa shape index (κ2) is 14.0. The molecule has 4 atom stereocenters. The SMILES string of the molecule is CC1C(CN2CCN(c3ncccn3)CC2)OC(c2cccc(NS(=O)(=O)c3cccc4cccnc34)c2)OC1c1ccc(CO)cc1. The Labute approximate surface area is 280 Å². The molecule has 11 nitrogen and oxygen atoms in total. The number of ether oxygens (including phenoxy) is 2. The molecule has 3 aromatic carbocycles. The number of hydrogen-bond acceptors (Lipinski definition) is 10. The van der Waals surface area contributed by atoms with Gasteiger partial charge in [-0.2, -0.15) is 0 Å². The summed E-state index contributed by atoms with van der Waals surface area (Å²) in [4.78, 5) is 17.8. The number of pyridine rings is 1. The van der Waals surface area contributed by atoms with Crippen molar-refractivity contribution in [3.05, 3.63) is 120 Å². The minimum absolute atomic E-state index is 0.0114. The standard InChI is InChI=1S/C36H38N6O5S/c1-25-31(23-41-18-20-42(21-19-41)36-38-16-5-17-39-36)46-35(47-34(25)28-13-11-26(24-43)12-14-28)29-7-2-9-30(22-29)40-48(44,45)32-10-3-6-27-8-4-15-37-33(27)32/h2-17,22,25,31,34-35,40,43H,18-21,23-24H2,1H3. The van der Waals surface area contributed by atoms with E-state index in [0.29, 0.717) is 23.3 Å². The van der Waals surface area contributed by atoms with Crippen LogP contribution in [0.5, 0.6) is 0 Å². The lowest BCUT2D eigenvalue weighted by Gasteiger charge is -2.44. The normalized spacial score (nSPS) is 22.1. The van der Waals surface area contributed by atoms with Gasteiger partial charge in [0, 0.05) is 73.9 Å². The Morgan fingerprint density at radius 1 is 0.833 bits per heavy atom. The van der Waals surface area contributed by atoms with E-state index in [0.717, 1.165) is 48.6 Å². The van der Waals surface area contributed by atoms with Crippen molar-refractivity contribution in [1.82, 2.24) is 19.9 Å². The van der Waals surface area contributed by atoms with Gasteiger partial charge in [0.25, 0.3) is 10.0 Å². The van der Waals surface area contributed by atoms with Crippen LogP contribution in [0.2, 0.25) is 0 Å². The molecular formula is C36H38N6O5S. The molecule has 0 radical (unpaired) electrons. The van der Waals surface area contributed by atoms with Crippen molar-refractivity contribution in [2.24, 2.45) is 5.92 Å². The average Bonchev–Trinajstić information content (AvgIpc) is 3.13. The zero-order valence-electron chi connectivity index (χ0n) is 26.6. The maximum atomic E-state index is 13.6. The van der Waals surface area contributed by atoms with E-state index in [1.165, 1.54) is 0 Å². The molecule has 48 heavy (non-hydrogen) atoms. The van der Waals surface area contributed by atoms with Gasteiger partial charge >= 0.3 is 0 Å². The first kappa shape index (κ1) is 32.1. The summed E-state index contributed by atoms with van der Waals surface area (Å²) in [7, 11) is -3.95. The number of benzene rings is 3. The summed E-state index contributed by atoms with van der Waals surface area (Å²) < 4.78 is 43.2. The van der Waals surface area contributed by atoms with Gasteiger partial charge in [0.05, 0.1) is 24.3 Å². The summed E-state index contributed by atoms with van der Waals surface area (Å²) in [6, 6.07) is 25.5. The molecule has 0 saturated carbocycles. The Balaban J connectivity index is 1.12. The predicted octanol–water partition coefficient (Wildman–Crippen LogP) is 4.93. The van der Waals surface area contributed by atoms with Gasteiger partial charge < -0.3 is 19.5 Å². The monoisotopic (exact) mass is 666 g/mol. The molecule has 12 heteroatoms. The second-order valence-corrected chi connectivity index (χ2v) is 13.9. The van der Waals surface area contributed by atoms with Crippen LogP contribution in [-0.2, 0) is 26.1 Å². The number of anilines is 2. The summed E-state index contributed by atoms with van der Waals surface area (Å²) in [5, 5.41) is 10.4. The topological polar surface area (TPSA) is 130 Å². The highest BCUT2D eigenvalue weighted by molar-refractivity contribution is 7.93. The Morgan fingerprint density at radius 3 is 2.33 bits per heavy atom. The van der Waals surface area contributed by atoms with Crippen LogP contribution in [-0.4, -0.2) is 72.2 Å². The molecule has 2 fully saturated rings. The molecule has 248 valence electrons. The molecule has 2 aliphatic heterocycles. The van der Waals surface area contributed by atoms with Crippen LogP contribution in [0.15, 0.2) is 108 Å². The lowest BCUT2D eigenvalue weighted by Crippen LogP contribution is -2.51. The Kier molecular flexibility index (Phi) is 9.33. The Bertz CT molecular complexity index is 1950. The fraction of sp³-hybridized carbons (Fsp3) is 0.306. The van der Waals surface area contributed by atoms with E-state index in [2.05, 4.69) is 36.4 Å². The third kappa shape index (κ3) is 6.89. The largest absolute Gasteiger partial charge is 0.392 e. The number of fused-ring (bicyclic) bond motifs is 1. The summed E-state index contributed by atoms with van der Waals surface area (Å²) in [5.74, 6) is 0.753. The first-order valence-corrected chi connectivity index (χ1v) is 17.6. The molecule has 0 amide bonds. The summed E-state index contributed by atoms with van der Waals surface area (Å²) >= 11 is 0. The summed E-state index contributed by atoms with van der Waals surface area (Å²) in [6.07, 6.45) is 3.91. The number of hydrogen-bond donors (Lipinski definition) is 2. The minimum Gasteiger partial charge on any atom is -0.392 e. The van der Waals surface area contributed by atoms with Crippen molar-refractivity contribution in [2.45, 2.75) is 36.9 Å². The van der Waals surface area contributed by atoms with Gasteiger partial charge in [-0.05, 0) is 41.5 Å². The van der Waals surface area contributed by atoms with Crippen LogP contribution in [0.25, 0.3) is 10.9 Å². The smallest absolute Gasteiger partial charge is 0.264 e. The quantitative estimate of drug-likeness (QED) is 0.223. The zero-order valence-corrected chi connectivity index (χ0v) is 27.4. The van der Waals surface area contributed by atoms with Gasteiger partial charge in [0.2, 0.25) is 5.95 Å². The molecule has 2 aromatic heterocycles. The van der Waals surface area contributed by atoms with Gasteiger partial charge in [0.1, 0.15) is 4.90 Å². The number of aliphatic hydroxyl groups excluding tert-OH is 1. The van der Waals surface area contributed by atoms with E-state index in [4.69, 9.17) is 9.47 Å². The van der Waals surface area contributed by atoms with Crippen LogP contribution in [0.1, 0.15) is 36.0 Å². The van der Waals surface area contributed by atoms with Crippen LogP contribution in [0.3, 0.4) is 0 Å². The highest BCUT2D eigenvalue weighted by Crippen LogP contribution is 2.42. The van der Waals surface area contributed by atoms with Crippen molar-refractivity contribution in [3.63, 3.8) is 0 Å². The van der Waals surface area contributed by atoms with Gasteiger partial charge in [0.15, 0.2) is 6.29 Å². The van der Waals surface area contributed by atoms with E-state index < -0.39 is 16.3 Å². The highest BCUT2D eigenvalue weighted by atomic mass is 32.2. The number of nitrogens with one attached hydrogen (secondary N) is 1. The summed E-state index contributed by atoms with van der Waals surface area (Å²) in [6.45, 7) is 6.11. The molecule has 0 spiro atoms. The molecule has 5 aromatic rings. The van der Waals surface area contributed by atoms with Crippen molar-refractivity contribution in [2.75, 3.05) is 42.3 Å². The highest BCUT2D eigenvalue weighted by Gasteiger charge is 2.39. The lowest BCUT2D eigenvalue weighted by molar-refractivity contribution is -0.276. The number of sulfonamides is 1. The van der Waals surface area contributed by atoms with Crippen molar-refractivity contribution < 1.29 is 23.0 Å². The summed E-state index contributed by atoms with van der Waals surface area (Å²) in [5.41, 5.74) is 3.32.